The van der Waals surface area contributed by atoms with Gasteiger partial charge in [-0.3, -0.25) is 4.79 Å². The lowest BCUT2D eigenvalue weighted by atomic mass is 10.3. The summed E-state index contributed by atoms with van der Waals surface area (Å²) in [5, 5.41) is 2.72. The van der Waals surface area contributed by atoms with E-state index in [1.165, 1.54) is 0 Å². The number of carbonyl (C=O) groups is 1. The van der Waals surface area contributed by atoms with Crippen LogP contribution < -0.4 is 11.1 Å². The molecule has 5 heteroatoms. The van der Waals surface area contributed by atoms with Crippen molar-refractivity contribution < 1.29 is 4.79 Å². The van der Waals surface area contributed by atoms with Crippen LogP contribution in [0.5, 0.6) is 0 Å². The monoisotopic (exact) mass is 320 g/mol. The molecule has 0 fully saturated rings. The molecule has 0 saturated carbocycles. The van der Waals surface area contributed by atoms with Crippen LogP contribution in [0.4, 0.5) is 5.69 Å². The summed E-state index contributed by atoms with van der Waals surface area (Å²) in [7, 11) is 0. The van der Waals surface area contributed by atoms with Crippen LogP contribution >= 0.6 is 31.9 Å². The number of para-hydroxylation sites is 1. The molecule has 0 bridgehead atoms. The van der Waals surface area contributed by atoms with Crippen LogP contribution in [0.25, 0.3) is 0 Å². The van der Waals surface area contributed by atoms with Crippen LogP contribution in [0, 0.1) is 0 Å². The molecule has 14 heavy (non-hydrogen) atoms. The molecule has 0 saturated heterocycles. The van der Waals surface area contributed by atoms with Gasteiger partial charge in [0.2, 0.25) is 5.91 Å². The van der Waals surface area contributed by atoms with Crippen LogP contribution in [0.15, 0.2) is 27.1 Å². The number of halogens is 2. The van der Waals surface area contributed by atoms with E-state index in [-0.39, 0.29) is 5.91 Å². The quantitative estimate of drug-likeness (QED) is 0.879. The molecule has 0 aliphatic rings. The minimum Gasteiger partial charge on any atom is -0.323 e. The van der Waals surface area contributed by atoms with Gasteiger partial charge in [0.25, 0.3) is 0 Å². The second-order valence-corrected chi connectivity index (χ2v) is 4.58. The Kier molecular flexibility index (Phi) is 4.10. The Balaban J connectivity index is 2.91. The number of rotatable bonds is 2. The average Bonchev–Trinajstić information content (AvgIpc) is 2.11. The molecule has 0 radical (unpaired) electrons. The number of nitrogens with one attached hydrogen (secondary N) is 1. The number of nitrogens with two attached hydrogens (primary N) is 1. The van der Waals surface area contributed by atoms with Gasteiger partial charge in [-0.1, -0.05) is 6.07 Å². The van der Waals surface area contributed by atoms with Gasteiger partial charge >= 0.3 is 0 Å². The second kappa shape index (κ2) is 4.91. The Labute approximate surface area is 99.3 Å². The van der Waals surface area contributed by atoms with Crippen LogP contribution in [0.3, 0.4) is 0 Å². The first-order chi connectivity index (χ1) is 6.52. The first-order valence-electron chi connectivity index (χ1n) is 4.03. The number of amides is 1. The molecule has 1 amide bonds. The molecule has 3 N–H and O–H groups in total. The van der Waals surface area contributed by atoms with E-state index in [1.807, 2.05) is 18.2 Å². The van der Waals surface area contributed by atoms with Crippen molar-refractivity contribution in [2.75, 3.05) is 5.32 Å². The number of benzene rings is 1. The largest absolute Gasteiger partial charge is 0.323 e. The van der Waals surface area contributed by atoms with Gasteiger partial charge in [-0.15, -0.1) is 0 Å². The lowest BCUT2D eigenvalue weighted by molar-refractivity contribution is -0.117. The third-order valence-corrected chi connectivity index (χ3v) is 2.95. The highest BCUT2D eigenvalue weighted by Gasteiger charge is 2.11. The highest BCUT2D eigenvalue weighted by atomic mass is 79.9. The minimum absolute atomic E-state index is 0.211. The van der Waals surface area contributed by atoms with Gasteiger partial charge in [-0.2, -0.15) is 0 Å². The zero-order valence-corrected chi connectivity index (χ0v) is 10.7. The summed E-state index contributed by atoms with van der Waals surface area (Å²) in [6, 6.07) is 5.05. The number of carbonyl (C=O) groups excluding carboxylic acids is 1. The summed E-state index contributed by atoms with van der Waals surface area (Å²) >= 11 is 6.68. The van der Waals surface area contributed by atoms with Crippen LogP contribution in [-0.2, 0) is 4.79 Å². The molecule has 0 aliphatic heterocycles. The van der Waals surface area contributed by atoms with E-state index in [4.69, 9.17) is 5.73 Å². The van der Waals surface area contributed by atoms with Crippen molar-refractivity contribution >= 4 is 43.5 Å². The fourth-order valence-electron chi connectivity index (χ4n) is 0.854. The van der Waals surface area contributed by atoms with Gasteiger partial charge in [0.15, 0.2) is 0 Å². The highest BCUT2D eigenvalue weighted by molar-refractivity contribution is 9.11. The molecule has 0 spiro atoms. The smallest absolute Gasteiger partial charge is 0.241 e. The van der Waals surface area contributed by atoms with E-state index in [2.05, 4.69) is 37.2 Å². The first-order valence-corrected chi connectivity index (χ1v) is 5.61. The maximum Gasteiger partial charge on any atom is 0.241 e. The lowest BCUT2D eigenvalue weighted by Crippen LogP contribution is -2.32. The predicted octanol–water partition coefficient (Wildman–Crippen LogP) is 2.50. The minimum atomic E-state index is -0.519. The molecule has 1 atom stereocenters. The van der Waals surface area contributed by atoms with Gasteiger partial charge in [0.1, 0.15) is 0 Å². The summed E-state index contributed by atoms with van der Waals surface area (Å²) in [6.07, 6.45) is 0. The zero-order chi connectivity index (χ0) is 10.7. The standard InChI is InChI=1S/C9H10Br2N2O/c1-5(12)9(14)13-8-6(10)3-2-4-7(8)11/h2-5H,12H2,1H3,(H,13,14)/t5-/m1/s1. The summed E-state index contributed by atoms with van der Waals surface area (Å²) in [5.41, 5.74) is 6.14. The van der Waals surface area contributed by atoms with Gasteiger partial charge in [0.05, 0.1) is 11.7 Å². The molecule has 0 unspecified atom stereocenters. The summed E-state index contributed by atoms with van der Waals surface area (Å²) in [5.74, 6) is -0.211. The van der Waals surface area contributed by atoms with Crippen molar-refractivity contribution in [3.63, 3.8) is 0 Å². The van der Waals surface area contributed by atoms with E-state index < -0.39 is 6.04 Å². The van der Waals surface area contributed by atoms with E-state index >= 15 is 0 Å². The van der Waals surface area contributed by atoms with E-state index in [9.17, 15) is 4.79 Å². The third-order valence-electron chi connectivity index (χ3n) is 1.62. The first kappa shape index (κ1) is 11.7. The Bertz CT molecular complexity index is 332. The second-order valence-electron chi connectivity index (χ2n) is 2.87. The average molecular weight is 322 g/mol. The molecule has 1 rings (SSSR count). The molecule has 1 aromatic rings. The van der Waals surface area contributed by atoms with Crippen molar-refractivity contribution in [1.82, 2.24) is 0 Å². The van der Waals surface area contributed by atoms with Gasteiger partial charge in [-0.05, 0) is 50.9 Å². The summed E-state index contributed by atoms with van der Waals surface area (Å²) < 4.78 is 1.64. The normalized spacial score (nSPS) is 12.3. The predicted molar refractivity (Wildman–Crippen MR) is 64.1 cm³/mol. The van der Waals surface area contributed by atoms with Gasteiger partial charge < -0.3 is 11.1 Å². The van der Waals surface area contributed by atoms with Gasteiger partial charge in [0, 0.05) is 8.95 Å². The highest BCUT2D eigenvalue weighted by Crippen LogP contribution is 2.30. The van der Waals surface area contributed by atoms with E-state index in [1.54, 1.807) is 6.92 Å². The zero-order valence-electron chi connectivity index (χ0n) is 7.55. The van der Waals surface area contributed by atoms with Crippen molar-refractivity contribution in [3.05, 3.63) is 27.1 Å². The summed E-state index contributed by atoms with van der Waals surface area (Å²) in [4.78, 5) is 11.3. The Hall–Kier alpha value is -0.390. The number of hydrogen-bond donors (Lipinski definition) is 2. The Morgan fingerprint density at radius 1 is 1.43 bits per heavy atom. The fourth-order valence-corrected chi connectivity index (χ4v) is 2.05. The molecular formula is C9H10Br2N2O. The molecule has 76 valence electrons. The Morgan fingerprint density at radius 2 is 1.93 bits per heavy atom. The number of anilines is 1. The maximum atomic E-state index is 11.3. The molecular weight excluding hydrogens is 312 g/mol. The SMILES string of the molecule is C[C@@H](N)C(=O)Nc1c(Br)cccc1Br. The van der Waals surface area contributed by atoms with Gasteiger partial charge in [-0.25, -0.2) is 0 Å². The van der Waals surface area contributed by atoms with Crippen molar-refractivity contribution in [3.8, 4) is 0 Å². The van der Waals surface area contributed by atoms with Crippen LogP contribution in [0.1, 0.15) is 6.92 Å². The summed E-state index contributed by atoms with van der Waals surface area (Å²) in [6.45, 7) is 1.64. The third kappa shape index (κ3) is 2.80. The topological polar surface area (TPSA) is 55.1 Å². The van der Waals surface area contributed by atoms with Crippen molar-refractivity contribution in [2.45, 2.75) is 13.0 Å². The van der Waals surface area contributed by atoms with E-state index in [0.29, 0.717) is 5.69 Å². The van der Waals surface area contributed by atoms with Crippen LogP contribution in [0.2, 0.25) is 0 Å². The lowest BCUT2D eigenvalue weighted by Gasteiger charge is -2.10. The molecule has 1 aromatic carbocycles. The number of hydrogen-bond acceptors (Lipinski definition) is 2. The maximum absolute atomic E-state index is 11.3. The molecule has 0 aliphatic carbocycles. The Morgan fingerprint density at radius 3 is 2.36 bits per heavy atom. The fraction of sp³-hybridized carbons (Fsp3) is 0.222. The van der Waals surface area contributed by atoms with Crippen LogP contribution in [-0.4, -0.2) is 11.9 Å². The van der Waals surface area contributed by atoms with E-state index in [0.717, 1.165) is 8.95 Å². The molecule has 0 aromatic heterocycles. The molecule has 0 heterocycles. The van der Waals surface area contributed by atoms with Crippen molar-refractivity contribution in [2.24, 2.45) is 5.73 Å². The molecule has 3 nitrogen and oxygen atoms in total. The van der Waals surface area contributed by atoms with Crippen molar-refractivity contribution in [1.29, 1.82) is 0 Å².